The van der Waals surface area contributed by atoms with E-state index in [9.17, 15) is 0 Å². The predicted octanol–water partition coefficient (Wildman–Crippen LogP) is 2.15. The van der Waals surface area contributed by atoms with Gasteiger partial charge < -0.3 is 15.0 Å². The predicted molar refractivity (Wildman–Crippen MR) is 66.2 cm³/mol. The lowest BCUT2D eigenvalue weighted by Gasteiger charge is -2.07. The van der Waals surface area contributed by atoms with Crippen LogP contribution >= 0.6 is 11.6 Å². The molecule has 0 fully saturated rings. The highest BCUT2D eigenvalue weighted by Gasteiger charge is 2.10. The van der Waals surface area contributed by atoms with Crippen LogP contribution in [0.4, 0.5) is 5.69 Å². The number of aromatic nitrogens is 2. The topological polar surface area (TPSA) is 73.7 Å². The monoisotopic (exact) mass is 250 g/mol. The van der Waals surface area contributed by atoms with Crippen molar-refractivity contribution in [3.63, 3.8) is 0 Å². The average Bonchev–Trinajstić information content (AvgIpc) is 2.72. The van der Waals surface area contributed by atoms with Crippen molar-refractivity contribution in [2.24, 2.45) is 0 Å². The van der Waals surface area contributed by atoms with Crippen molar-refractivity contribution < 1.29 is 4.74 Å². The zero-order chi connectivity index (χ0) is 12.3. The van der Waals surface area contributed by atoms with Crippen molar-refractivity contribution in [2.75, 3.05) is 25.6 Å². The molecular formula is C11H11ClN4O. The number of rotatable bonds is 4. The Labute approximate surface area is 103 Å². The van der Waals surface area contributed by atoms with Crippen molar-refractivity contribution in [1.29, 1.82) is 5.26 Å². The summed E-state index contributed by atoms with van der Waals surface area (Å²) in [5.41, 5.74) is 1.94. The summed E-state index contributed by atoms with van der Waals surface area (Å²) in [6.07, 6.45) is 1.62. The fourth-order valence-electron chi connectivity index (χ4n) is 1.62. The summed E-state index contributed by atoms with van der Waals surface area (Å²) in [4.78, 5) is 7.04. The molecule has 2 aromatic heterocycles. The Morgan fingerprint density at radius 3 is 3.18 bits per heavy atom. The molecule has 0 saturated heterocycles. The summed E-state index contributed by atoms with van der Waals surface area (Å²) in [6, 6.07) is 3.82. The van der Waals surface area contributed by atoms with Crippen LogP contribution in [0.5, 0.6) is 0 Å². The second kappa shape index (κ2) is 5.04. The largest absolute Gasteiger partial charge is 0.383 e. The number of nitrogens with one attached hydrogen (secondary N) is 2. The second-order valence-corrected chi connectivity index (χ2v) is 3.84. The lowest BCUT2D eigenvalue weighted by molar-refractivity contribution is 0.211. The van der Waals surface area contributed by atoms with Gasteiger partial charge in [0.2, 0.25) is 0 Å². The Hall–Kier alpha value is -1.77. The summed E-state index contributed by atoms with van der Waals surface area (Å²) in [5, 5.41) is 13.3. The first kappa shape index (κ1) is 11.7. The van der Waals surface area contributed by atoms with Gasteiger partial charge in [-0.25, -0.2) is 4.98 Å². The molecule has 0 aliphatic heterocycles. The number of methoxy groups -OCH3 is 1. The fourth-order valence-corrected chi connectivity index (χ4v) is 1.81. The molecule has 0 aliphatic carbocycles. The summed E-state index contributed by atoms with van der Waals surface area (Å²) in [7, 11) is 1.63. The van der Waals surface area contributed by atoms with E-state index in [0.29, 0.717) is 29.5 Å². The smallest absolute Gasteiger partial charge is 0.142 e. The molecule has 0 radical (unpaired) electrons. The minimum Gasteiger partial charge on any atom is -0.383 e. The quantitative estimate of drug-likeness (QED) is 0.644. The van der Waals surface area contributed by atoms with Gasteiger partial charge in [-0.05, 0) is 6.07 Å². The minimum absolute atomic E-state index is 0.378. The highest BCUT2D eigenvalue weighted by Crippen LogP contribution is 2.27. The number of hydrogen-bond acceptors (Lipinski definition) is 4. The lowest BCUT2D eigenvalue weighted by Crippen LogP contribution is -2.08. The van der Waals surface area contributed by atoms with Gasteiger partial charge in [0, 0.05) is 25.5 Å². The van der Waals surface area contributed by atoms with E-state index in [4.69, 9.17) is 21.6 Å². The highest BCUT2D eigenvalue weighted by atomic mass is 35.5. The number of anilines is 1. The minimum atomic E-state index is 0.378. The van der Waals surface area contributed by atoms with Gasteiger partial charge in [-0.2, -0.15) is 5.26 Å². The number of ether oxygens (including phenoxy) is 1. The molecule has 5 nitrogen and oxygen atoms in total. The summed E-state index contributed by atoms with van der Waals surface area (Å²) >= 11 is 5.90. The molecule has 0 amide bonds. The van der Waals surface area contributed by atoms with E-state index in [2.05, 4.69) is 21.4 Å². The van der Waals surface area contributed by atoms with Crippen molar-refractivity contribution in [2.45, 2.75) is 0 Å². The number of fused-ring (bicyclic) bond motifs is 1. The van der Waals surface area contributed by atoms with Gasteiger partial charge in [0.15, 0.2) is 0 Å². The van der Waals surface area contributed by atoms with Crippen LogP contribution in [-0.4, -0.2) is 30.2 Å². The van der Waals surface area contributed by atoms with Gasteiger partial charge in [-0.1, -0.05) is 11.6 Å². The lowest BCUT2D eigenvalue weighted by atomic mass is 10.2. The molecule has 0 aromatic carbocycles. The first-order valence-electron chi connectivity index (χ1n) is 5.06. The van der Waals surface area contributed by atoms with E-state index in [1.54, 1.807) is 19.4 Å². The maximum Gasteiger partial charge on any atom is 0.142 e. The van der Waals surface area contributed by atoms with E-state index >= 15 is 0 Å². The molecule has 0 spiro atoms. The average molecular weight is 251 g/mol. The zero-order valence-electron chi connectivity index (χ0n) is 9.25. The molecular weight excluding hydrogens is 240 g/mol. The molecule has 0 atom stereocenters. The van der Waals surface area contributed by atoms with Crippen LogP contribution in [0.1, 0.15) is 5.56 Å². The molecule has 6 heteroatoms. The highest BCUT2D eigenvalue weighted by molar-refractivity contribution is 6.30. The maximum atomic E-state index is 9.01. The van der Waals surface area contributed by atoms with Crippen molar-refractivity contribution in [3.05, 3.63) is 23.0 Å². The molecule has 2 aromatic rings. The van der Waals surface area contributed by atoms with Crippen LogP contribution < -0.4 is 5.32 Å². The number of pyridine rings is 1. The normalized spacial score (nSPS) is 10.4. The molecule has 0 aliphatic rings. The fraction of sp³-hybridized carbons (Fsp3) is 0.273. The summed E-state index contributed by atoms with van der Waals surface area (Å²) < 4.78 is 4.96. The Kier molecular flexibility index (Phi) is 3.47. The van der Waals surface area contributed by atoms with E-state index in [-0.39, 0.29) is 0 Å². The van der Waals surface area contributed by atoms with Crippen LogP contribution in [-0.2, 0) is 4.74 Å². The first-order chi connectivity index (χ1) is 8.26. The number of aromatic amines is 1. The van der Waals surface area contributed by atoms with Crippen molar-refractivity contribution >= 4 is 28.3 Å². The van der Waals surface area contributed by atoms with Gasteiger partial charge >= 0.3 is 0 Å². The molecule has 0 saturated carbocycles. The number of H-pyrrole nitrogens is 1. The van der Waals surface area contributed by atoms with E-state index in [1.165, 1.54) is 0 Å². The molecule has 88 valence electrons. The van der Waals surface area contributed by atoms with Crippen LogP contribution in [0.25, 0.3) is 11.0 Å². The van der Waals surface area contributed by atoms with E-state index in [1.807, 2.05) is 0 Å². The van der Waals surface area contributed by atoms with E-state index < -0.39 is 0 Å². The number of halogens is 1. The molecule has 2 rings (SSSR count). The van der Waals surface area contributed by atoms with Crippen molar-refractivity contribution in [1.82, 2.24) is 9.97 Å². The number of nitriles is 1. The molecule has 0 unspecified atom stereocenters. The standard InChI is InChI=1S/C11H11ClN4O/c1-17-3-2-14-8-4-9(12)16-11-10(8)7(5-13)6-15-11/h4,6H,2-3H2,1H3,(H2,14,15,16). The van der Waals surface area contributed by atoms with Crippen LogP contribution in [0, 0.1) is 11.3 Å². The Morgan fingerprint density at radius 1 is 1.65 bits per heavy atom. The van der Waals surface area contributed by atoms with Gasteiger partial charge in [0.1, 0.15) is 16.9 Å². The summed E-state index contributed by atoms with van der Waals surface area (Å²) in [5.74, 6) is 0. The van der Waals surface area contributed by atoms with E-state index in [0.717, 1.165) is 11.1 Å². The van der Waals surface area contributed by atoms with Crippen LogP contribution in [0.3, 0.4) is 0 Å². The van der Waals surface area contributed by atoms with Gasteiger partial charge in [0.25, 0.3) is 0 Å². The molecule has 17 heavy (non-hydrogen) atoms. The van der Waals surface area contributed by atoms with Gasteiger partial charge in [-0.3, -0.25) is 0 Å². The third-order valence-corrected chi connectivity index (χ3v) is 2.55. The Bertz CT molecular complexity index is 573. The third kappa shape index (κ3) is 2.33. The molecule has 2 heterocycles. The van der Waals surface area contributed by atoms with Gasteiger partial charge in [0.05, 0.1) is 17.6 Å². The Balaban J connectivity index is 2.44. The first-order valence-corrected chi connectivity index (χ1v) is 5.44. The van der Waals surface area contributed by atoms with Crippen LogP contribution in [0.2, 0.25) is 5.15 Å². The number of hydrogen-bond donors (Lipinski definition) is 2. The SMILES string of the molecule is COCCNc1cc(Cl)nc2[nH]cc(C#N)c12. The summed E-state index contributed by atoms with van der Waals surface area (Å²) in [6.45, 7) is 1.22. The maximum absolute atomic E-state index is 9.01. The zero-order valence-corrected chi connectivity index (χ0v) is 10.0. The van der Waals surface area contributed by atoms with Gasteiger partial charge in [-0.15, -0.1) is 0 Å². The number of nitrogens with zero attached hydrogens (tertiary/aromatic N) is 2. The molecule has 2 N–H and O–H groups in total. The van der Waals surface area contributed by atoms with Crippen molar-refractivity contribution in [3.8, 4) is 6.07 Å². The second-order valence-electron chi connectivity index (χ2n) is 3.45. The third-order valence-electron chi connectivity index (χ3n) is 2.35. The Morgan fingerprint density at radius 2 is 2.47 bits per heavy atom. The molecule has 0 bridgehead atoms. The van der Waals surface area contributed by atoms with Crippen LogP contribution in [0.15, 0.2) is 12.3 Å².